The Morgan fingerprint density at radius 2 is 2.10 bits per heavy atom. The molecule has 6 nitrogen and oxygen atoms in total. The van der Waals surface area contributed by atoms with Crippen LogP contribution in [0.3, 0.4) is 0 Å². The number of hydrogen-bond acceptors (Lipinski definition) is 5. The van der Waals surface area contributed by atoms with Crippen molar-refractivity contribution in [3.8, 4) is 5.88 Å². The van der Waals surface area contributed by atoms with Crippen molar-refractivity contribution >= 4 is 14.0 Å². The molecular weight excluding hydrogens is 290 g/mol. The number of carboxylic acid groups (broad SMARTS) is 1. The Morgan fingerprint density at radius 1 is 1.38 bits per heavy atom. The van der Waals surface area contributed by atoms with Crippen LogP contribution in [0, 0.1) is 0 Å². The van der Waals surface area contributed by atoms with Crippen LogP contribution in [0.1, 0.15) is 11.7 Å². The van der Waals surface area contributed by atoms with Gasteiger partial charge in [-0.25, -0.2) is 9.78 Å². The van der Waals surface area contributed by atoms with Crippen molar-refractivity contribution in [1.29, 1.82) is 0 Å². The molecule has 0 saturated carbocycles. The summed E-state index contributed by atoms with van der Waals surface area (Å²) in [4.78, 5) is 15.2. The lowest BCUT2D eigenvalue weighted by Gasteiger charge is -2.17. The predicted molar refractivity (Wildman–Crippen MR) is 81.2 cm³/mol. The average molecular weight is 313 g/mol. The van der Waals surface area contributed by atoms with E-state index in [1.54, 1.807) is 12.1 Å². The van der Waals surface area contributed by atoms with E-state index in [9.17, 15) is 9.90 Å². The number of aromatic nitrogens is 1. The van der Waals surface area contributed by atoms with Crippen molar-refractivity contribution in [1.82, 2.24) is 4.98 Å². The van der Waals surface area contributed by atoms with Crippen molar-refractivity contribution < 1.29 is 24.1 Å². The zero-order valence-corrected chi connectivity index (χ0v) is 14.0. The summed E-state index contributed by atoms with van der Waals surface area (Å²) in [5.41, 5.74) is 0.456. The molecule has 1 aromatic heterocycles. The minimum absolute atomic E-state index is 0.0481. The van der Waals surface area contributed by atoms with Gasteiger partial charge in [0.2, 0.25) is 5.88 Å². The third-order valence-corrected chi connectivity index (χ3v) is 4.51. The first-order chi connectivity index (χ1) is 9.83. The van der Waals surface area contributed by atoms with Crippen LogP contribution in [0.2, 0.25) is 25.7 Å². The standard InChI is InChI=1S/C14H23NO5Si/c1-18-12-6-5-11(9-15-12)13(14(16)17)20-10-19-7-8-21(2,3)4/h5-6,9,13H,7-8,10H2,1-4H3,(H,16,17)/t13-/m1/s1. The molecule has 0 fully saturated rings. The highest BCUT2D eigenvalue weighted by Gasteiger charge is 2.21. The maximum absolute atomic E-state index is 11.2. The molecular formula is C14H23NO5Si. The van der Waals surface area contributed by atoms with Gasteiger partial charge in [-0.1, -0.05) is 19.6 Å². The zero-order chi connectivity index (χ0) is 15.9. The third kappa shape index (κ3) is 6.70. The van der Waals surface area contributed by atoms with Crippen LogP contribution in [-0.2, 0) is 14.3 Å². The van der Waals surface area contributed by atoms with Crippen molar-refractivity contribution in [2.24, 2.45) is 0 Å². The number of nitrogens with zero attached hydrogens (tertiary/aromatic N) is 1. The molecule has 21 heavy (non-hydrogen) atoms. The molecule has 0 spiro atoms. The van der Waals surface area contributed by atoms with Crippen molar-refractivity contribution in [2.75, 3.05) is 20.5 Å². The topological polar surface area (TPSA) is 77.9 Å². The fourth-order valence-electron chi connectivity index (χ4n) is 1.53. The van der Waals surface area contributed by atoms with Gasteiger partial charge in [0.25, 0.3) is 0 Å². The molecule has 7 heteroatoms. The van der Waals surface area contributed by atoms with Crippen LogP contribution in [-0.4, -0.2) is 44.6 Å². The van der Waals surface area contributed by atoms with Gasteiger partial charge >= 0.3 is 5.97 Å². The van der Waals surface area contributed by atoms with E-state index in [0.29, 0.717) is 18.1 Å². The average Bonchev–Trinajstić information content (AvgIpc) is 2.41. The monoisotopic (exact) mass is 313 g/mol. The minimum Gasteiger partial charge on any atom is -0.481 e. The Morgan fingerprint density at radius 3 is 2.57 bits per heavy atom. The molecule has 0 aliphatic carbocycles. The van der Waals surface area contributed by atoms with Crippen molar-refractivity contribution in [3.63, 3.8) is 0 Å². The Labute approximate surface area is 126 Å². The van der Waals surface area contributed by atoms with E-state index in [1.165, 1.54) is 13.3 Å². The van der Waals surface area contributed by atoms with Gasteiger partial charge in [-0.05, 0) is 12.1 Å². The molecule has 1 rings (SSSR count). The van der Waals surface area contributed by atoms with Gasteiger partial charge in [-0.2, -0.15) is 0 Å². The molecule has 0 amide bonds. The summed E-state index contributed by atoms with van der Waals surface area (Å²) in [7, 11) is 0.348. The van der Waals surface area contributed by atoms with Crippen LogP contribution in [0.5, 0.6) is 5.88 Å². The van der Waals surface area contributed by atoms with Crippen molar-refractivity contribution in [3.05, 3.63) is 23.9 Å². The van der Waals surface area contributed by atoms with Gasteiger partial charge in [0.1, 0.15) is 6.79 Å². The summed E-state index contributed by atoms with van der Waals surface area (Å²) in [5, 5.41) is 9.21. The number of carboxylic acids is 1. The van der Waals surface area contributed by atoms with E-state index in [1.807, 2.05) is 0 Å². The summed E-state index contributed by atoms with van der Waals surface area (Å²) < 4.78 is 15.6. The molecule has 0 unspecified atom stereocenters. The van der Waals surface area contributed by atoms with E-state index >= 15 is 0 Å². The van der Waals surface area contributed by atoms with E-state index in [-0.39, 0.29) is 6.79 Å². The predicted octanol–water partition coefficient (Wildman–Crippen LogP) is 2.54. The van der Waals surface area contributed by atoms with Gasteiger partial charge in [-0.3, -0.25) is 0 Å². The number of hydrogen-bond donors (Lipinski definition) is 1. The summed E-state index contributed by atoms with van der Waals surface area (Å²) >= 11 is 0. The molecule has 0 aromatic carbocycles. The summed E-state index contributed by atoms with van der Waals surface area (Å²) in [6.45, 7) is 7.29. The SMILES string of the molecule is COc1ccc([C@@H](OCOCC[Si](C)(C)C)C(=O)O)cn1. The second-order valence-electron chi connectivity index (χ2n) is 5.86. The second-order valence-corrected chi connectivity index (χ2v) is 11.5. The van der Waals surface area contributed by atoms with Gasteiger partial charge in [-0.15, -0.1) is 0 Å². The number of ether oxygens (including phenoxy) is 3. The van der Waals surface area contributed by atoms with Crippen LogP contribution >= 0.6 is 0 Å². The molecule has 1 aromatic rings. The zero-order valence-electron chi connectivity index (χ0n) is 13.0. The van der Waals surface area contributed by atoms with E-state index in [4.69, 9.17) is 14.2 Å². The normalized spacial score (nSPS) is 13.0. The van der Waals surface area contributed by atoms with Crippen LogP contribution in [0.4, 0.5) is 0 Å². The Kier molecular flexibility index (Phi) is 6.80. The lowest BCUT2D eigenvalue weighted by atomic mass is 10.1. The van der Waals surface area contributed by atoms with Gasteiger partial charge in [0.15, 0.2) is 6.10 Å². The van der Waals surface area contributed by atoms with Crippen molar-refractivity contribution in [2.45, 2.75) is 31.8 Å². The largest absolute Gasteiger partial charge is 0.481 e. The smallest absolute Gasteiger partial charge is 0.337 e. The Balaban J connectivity index is 2.48. The molecule has 0 aliphatic rings. The first kappa shape index (κ1) is 17.6. The lowest BCUT2D eigenvalue weighted by molar-refractivity contribution is -0.161. The minimum atomic E-state index is -1.15. The molecule has 0 aliphatic heterocycles. The molecule has 0 radical (unpaired) electrons. The van der Waals surface area contributed by atoms with Gasteiger partial charge < -0.3 is 19.3 Å². The Bertz CT molecular complexity index is 444. The molecule has 118 valence electrons. The van der Waals surface area contributed by atoms with Crippen LogP contribution in [0.25, 0.3) is 0 Å². The quantitative estimate of drug-likeness (QED) is 0.429. The summed E-state index contributed by atoms with van der Waals surface area (Å²) in [6.07, 6.45) is 0.343. The summed E-state index contributed by atoms with van der Waals surface area (Å²) in [6, 6.07) is 4.23. The highest BCUT2D eigenvalue weighted by Crippen LogP contribution is 2.19. The van der Waals surface area contributed by atoms with E-state index in [2.05, 4.69) is 24.6 Å². The fraction of sp³-hybridized carbons (Fsp3) is 0.571. The number of rotatable bonds is 9. The Hall–Kier alpha value is -1.44. The van der Waals surface area contributed by atoms with E-state index in [0.717, 1.165) is 6.04 Å². The maximum atomic E-state index is 11.2. The maximum Gasteiger partial charge on any atom is 0.337 e. The first-order valence-corrected chi connectivity index (χ1v) is 10.5. The highest BCUT2D eigenvalue weighted by molar-refractivity contribution is 6.76. The summed E-state index contributed by atoms with van der Waals surface area (Å²) in [5.74, 6) is -0.648. The number of pyridine rings is 1. The number of methoxy groups -OCH3 is 1. The van der Waals surface area contributed by atoms with E-state index < -0.39 is 20.1 Å². The molecule has 1 N–H and O–H groups in total. The molecule has 1 atom stereocenters. The lowest BCUT2D eigenvalue weighted by Crippen LogP contribution is -2.23. The molecule has 0 saturated heterocycles. The third-order valence-electron chi connectivity index (χ3n) is 2.81. The van der Waals surface area contributed by atoms with Gasteiger partial charge in [0.05, 0.1) is 7.11 Å². The molecule has 0 bridgehead atoms. The van der Waals surface area contributed by atoms with Crippen LogP contribution < -0.4 is 4.74 Å². The number of carbonyl (C=O) groups is 1. The van der Waals surface area contributed by atoms with Gasteiger partial charge in [0, 0.05) is 32.5 Å². The number of aliphatic carboxylic acids is 1. The second kappa shape index (κ2) is 8.11. The highest BCUT2D eigenvalue weighted by atomic mass is 28.3. The first-order valence-electron chi connectivity index (χ1n) is 6.75. The van der Waals surface area contributed by atoms with Crippen LogP contribution in [0.15, 0.2) is 18.3 Å². The molecule has 1 heterocycles. The fourth-order valence-corrected chi connectivity index (χ4v) is 2.29.